The highest BCUT2D eigenvalue weighted by Crippen LogP contribution is 2.42. The summed E-state index contributed by atoms with van der Waals surface area (Å²) in [6, 6.07) is 25.5. The number of esters is 1. The van der Waals surface area contributed by atoms with Crippen LogP contribution in [0.3, 0.4) is 0 Å². The lowest BCUT2D eigenvalue weighted by molar-refractivity contribution is -0.137. The highest BCUT2D eigenvalue weighted by atomic mass is 35.5. The van der Waals surface area contributed by atoms with Gasteiger partial charge in [-0.3, -0.25) is 9.59 Å². The molecule has 0 bridgehead atoms. The van der Waals surface area contributed by atoms with E-state index in [1.54, 1.807) is 19.9 Å². The van der Waals surface area contributed by atoms with Crippen LogP contribution >= 0.6 is 12.4 Å². The van der Waals surface area contributed by atoms with Crippen LogP contribution in [0.1, 0.15) is 73.5 Å². The molecule has 0 radical (unpaired) electrons. The van der Waals surface area contributed by atoms with E-state index in [1.807, 2.05) is 79.7 Å². The van der Waals surface area contributed by atoms with E-state index in [4.69, 9.17) is 4.74 Å². The zero-order valence-electron chi connectivity index (χ0n) is 23.8. The standard InChI is InChI=1S/C34H41NO4.ClH/c1-4-26-17-18-30(32(24-26)39-33(37)25(2)3)31(36)16-11-21-35-22-19-29(20-23-35)34(38,27-12-7-5-8-13-27)28-14-9-6-10-15-28;/h5-10,12-15,17-18,24-25,29,38H,4,11,16,19-23H2,1-3H3;1H. The second-order valence-corrected chi connectivity index (χ2v) is 10.9. The number of carbonyl (C=O) groups is 2. The molecule has 40 heavy (non-hydrogen) atoms. The van der Waals surface area contributed by atoms with Crippen LogP contribution in [0, 0.1) is 11.8 Å². The number of aliphatic hydroxyl groups is 1. The third-order valence-electron chi connectivity index (χ3n) is 7.92. The molecule has 6 heteroatoms. The Bertz CT molecular complexity index is 1200. The van der Waals surface area contributed by atoms with Gasteiger partial charge in [-0.05, 0) is 80.1 Å². The Morgan fingerprint density at radius 1 is 0.950 bits per heavy atom. The summed E-state index contributed by atoms with van der Waals surface area (Å²) in [5.41, 5.74) is 2.35. The van der Waals surface area contributed by atoms with Crippen LogP contribution < -0.4 is 4.74 Å². The Morgan fingerprint density at radius 3 is 2.05 bits per heavy atom. The fourth-order valence-electron chi connectivity index (χ4n) is 5.52. The Hall–Kier alpha value is -2.99. The Morgan fingerprint density at radius 2 is 1.52 bits per heavy atom. The Balaban J connectivity index is 0.00000441. The highest BCUT2D eigenvalue weighted by molar-refractivity contribution is 5.99. The number of rotatable bonds is 11. The minimum atomic E-state index is -1.03. The molecule has 1 saturated heterocycles. The predicted octanol–water partition coefficient (Wildman–Crippen LogP) is 6.84. The van der Waals surface area contributed by atoms with Crippen LogP contribution in [0.25, 0.3) is 0 Å². The maximum Gasteiger partial charge on any atom is 0.313 e. The smallest absolute Gasteiger partial charge is 0.313 e. The molecule has 5 nitrogen and oxygen atoms in total. The number of ketones is 1. The summed E-state index contributed by atoms with van der Waals surface area (Å²) in [5, 5.41) is 12.1. The van der Waals surface area contributed by atoms with Gasteiger partial charge in [-0.1, -0.05) is 87.5 Å². The number of aryl methyl sites for hydroxylation is 1. The van der Waals surface area contributed by atoms with Gasteiger partial charge in [0.25, 0.3) is 0 Å². The number of likely N-dealkylation sites (tertiary alicyclic amines) is 1. The van der Waals surface area contributed by atoms with Crippen molar-refractivity contribution in [3.8, 4) is 5.75 Å². The van der Waals surface area contributed by atoms with Crippen molar-refractivity contribution in [1.82, 2.24) is 4.90 Å². The van der Waals surface area contributed by atoms with E-state index in [0.29, 0.717) is 17.7 Å². The number of Topliss-reactive ketones (excluding diaryl/α,β-unsaturated/α-hetero) is 1. The minimum absolute atomic E-state index is 0. The van der Waals surface area contributed by atoms with Crippen molar-refractivity contribution >= 4 is 24.2 Å². The van der Waals surface area contributed by atoms with Crippen LogP contribution in [0.4, 0.5) is 0 Å². The molecular formula is C34H42ClNO4. The summed E-state index contributed by atoms with van der Waals surface area (Å²) in [7, 11) is 0. The van der Waals surface area contributed by atoms with E-state index in [-0.39, 0.29) is 36.0 Å². The third-order valence-corrected chi connectivity index (χ3v) is 7.92. The number of hydrogen-bond acceptors (Lipinski definition) is 5. The molecule has 1 N–H and O–H groups in total. The molecule has 3 aromatic rings. The van der Waals surface area contributed by atoms with Crippen molar-refractivity contribution in [2.75, 3.05) is 19.6 Å². The summed E-state index contributed by atoms with van der Waals surface area (Å²) in [6.45, 7) is 8.19. The number of halogens is 1. The predicted molar refractivity (Wildman–Crippen MR) is 162 cm³/mol. The van der Waals surface area contributed by atoms with E-state index < -0.39 is 5.60 Å². The first kappa shape index (κ1) is 31.5. The summed E-state index contributed by atoms with van der Waals surface area (Å²) in [5.74, 6) is -0.106. The molecule has 4 rings (SSSR count). The number of ether oxygens (including phenoxy) is 1. The Kier molecular flexibility index (Phi) is 11.5. The lowest BCUT2D eigenvalue weighted by atomic mass is 9.72. The van der Waals surface area contributed by atoms with Gasteiger partial charge in [-0.25, -0.2) is 0 Å². The van der Waals surface area contributed by atoms with Crippen molar-refractivity contribution in [3.05, 3.63) is 101 Å². The second-order valence-electron chi connectivity index (χ2n) is 10.9. The molecule has 0 atom stereocenters. The maximum atomic E-state index is 13.1. The van der Waals surface area contributed by atoms with E-state index in [2.05, 4.69) is 4.90 Å². The van der Waals surface area contributed by atoms with Gasteiger partial charge in [-0.15, -0.1) is 12.4 Å². The van der Waals surface area contributed by atoms with Gasteiger partial charge >= 0.3 is 5.97 Å². The summed E-state index contributed by atoms with van der Waals surface area (Å²) in [4.78, 5) is 27.7. The number of benzene rings is 3. The van der Waals surface area contributed by atoms with Crippen LogP contribution in [0.2, 0.25) is 0 Å². The SMILES string of the molecule is CCc1ccc(C(=O)CCCN2CCC(C(O)(c3ccccc3)c3ccccc3)CC2)c(OC(=O)C(C)C)c1.Cl. The first-order valence-electron chi connectivity index (χ1n) is 14.3. The monoisotopic (exact) mass is 563 g/mol. The summed E-state index contributed by atoms with van der Waals surface area (Å²) < 4.78 is 5.59. The fraction of sp³-hybridized carbons (Fsp3) is 0.412. The van der Waals surface area contributed by atoms with Crippen molar-refractivity contribution in [3.63, 3.8) is 0 Å². The summed E-state index contributed by atoms with van der Waals surface area (Å²) >= 11 is 0. The van der Waals surface area contributed by atoms with Crippen LogP contribution in [-0.2, 0) is 16.8 Å². The molecule has 0 amide bonds. The van der Waals surface area contributed by atoms with Gasteiger partial charge in [0.1, 0.15) is 11.4 Å². The van der Waals surface area contributed by atoms with Crippen LogP contribution in [0.5, 0.6) is 5.75 Å². The topological polar surface area (TPSA) is 66.8 Å². The zero-order chi connectivity index (χ0) is 27.8. The molecule has 1 aliphatic heterocycles. The number of hydrogen-bond donors (Lipinski definition) is 1. The molecule has 214 valence electrons. The third kappa shape index (κ3) is 7.39. The second kappa shape index (κ2) is 14.6. The molecule has 3 aromatic carbocycles. The molecule has 0 aromatic heterocycles. The van der Waals surface area contributed by atoms with Gasteiger partial charge in [0.15, 0.2) is 5.78 Å². The molecule has 0 unspecified atom stereocenters. The molecule has 1 aliphatic rings. The van der Waals surface area contributed by atoms with E-state index in [9.17, 15) is 14.7 Å². The Labute approximate surface area is 245 Å². The zero-order valence-corrected chi connectivity index (χ0v) is 24.7. The summed E-state index contributed by atoms with van der Waals surface area (Å²) in [6.07, 6.45) is 3.69. The fourth-order valence-corrected chi connectivity index (χ4v) is 5.52. The van der Waals surface area contributed by atoms with Crippen molar-refractivity contribution in [1.29, 1.82) is 0 Å². The highest BCUT2D eigenvalue weighted by Gasteiger charge is 2.41. The average Bonchev–Trinajstić information content (AvgIpc) is 2.97. The molecular weight excluding hydrogens is 522 g/mol. The maximum absolute atomic E-state index is 13.1. The molecule has 0 spiro atoms. The first-order valence-corrected chi connectivity index (χ1v) is 14.3. The minimum Gasteiger partial charge on any atom is -0.426 e. The number of nitrogens with zero attached hydrogens (tertiary/aromatic N) is 1. The normalized spacial score (nSPS) is 14.5. The number of carbonyl (C=O) groups excluding carboxylic acids is 2. The van der Waals surface area contributed by atoms with Crippen LogP contribution in [-0.4, -0.2) is 41.4 Å². The largest absolute Gasteiger partial charge is 0.426 e. The average molecular weight is 564 g/mol. The first-order chi connectivity index (χ1) is 18.8. The lowest BCUT2D eigenvalue weighted by Gasteiger charge is -2.42. The van der Waals surface area contributed by atoms with Gasteiger partial charge in [0, 0.05) is 6.42 Å². The number of piperidine rings is 1. The van der Waals surface area contributed by atoms with Gasteiger partial charge in [0.05, 0.1) is 11.5 Å². The molecule has 1 fully saturated rings. The van der Waals surface area contributed by atoms with E-state index >= 15 is 0 Å². The van der Waals surface area contributed by atoms with Gasteiger partial charge < -0.3 is 14.7 Å². The van der Waals surface area contributed by atoms with Crippen molar-refractivity contribution in [2.45, 2.75) is 58.5 Å². The molecule has 0 saturated carbocycles. The lowest BCUT2D eigenvalue weighted by Crippen LogP contribution is -2.44. The van der Waals surface area contributed by atoms with Gasteiger partial charge in [0.2, 0.25) is 0 Å². The molecule has 1 heterocycles. The van der Waals surface area contributed by atoms with Crippen LogP contribution in [0.15, 0.2) is 78.9 Å². The van der Waals surface area contributed by atoms with E-state index in [0.717, 1.165) is 62.0 Å². The molecule has 0 aliphatic carbocycles. The van der Waals surface area contributed by atoms with Crippen molar-refractivity contribution in [2.24, 2.45) is 11.8 Å². The quantitative estimate of drug-likeness (QED) is 0.157. The van der Waals surface area contributed by atoms with Gasteiger partial charge in [-0.2, -0.15) is 0 Å². The van der Waals surface area contributed by atoms with E-state index in [1.165, 1.54) is 0 Å². The van der Waals surface area contributed by atoms with Crippen molar-refractivity contribution < 1.29 is 19.4 Å².